The maximum atomic E-state index is 12.2. The number of Topliss-reactive ketones (excluding diaryl/α,β-unsaturated/α-hetero) is 1. The van der Waals surface area contributed by atoms with E-state index in [1.807, 2.05) is 6.08 Å². The first-order valence-corrected chi connectivity index (χ1v) is 10.4. The van der Waals surface area contributed by atoms with E-state index in [2.05, 4.69) is 40.4 Å². The van der Waals surface area contributed by atoms with Gasteiger partial charge in [-0.25, -0.2) is 0 Å². The summed E-state index contributed by atoms with van der Waals surface area (Å²) in [5, 5.41) is 0.196. The van der Waals surface area contributed by atoms with Crippen molar-refractivity contribution in [1.29, 1.82) is 0 Å². The van der Waals surface area contributed by atoms with E-state index in [-0.39, 0.29) is 17.1 Å². The van der Waals surface area contributed by atoms with Crippen molar-refractivity contribution in [2.24, 2.45) is 5.92 Å². The number of allylic oxidation sites excluding steroid dienone is 1. The molecule has 1 aliphatic rings. The predicted molar refractivity (Wildman–Crippen MR) is 83.8 cm³/mol. The monoisotopic (exact) mass is 282 g/mol. The lowest BCUT2D eigenvalue weighted by molar-refractivity contribution is -0.125. The molecule has 3 heteroatoms. The van der Waals surface area contributed by atoms with Crippen LogP contribution in [0.2, 0.25) is 18.1 Å². The molecule has 0 N–H and O–H groups in total. The van der Waals surface area contributed by atoms with Crippen LogP contribution in [0.25, 0.3) is 0 Å². The topological polar surface area (TPSA) is 26.3 Å². The normalized spacial score (nSPS) is 26.1. The molecule has 1 saturated carbocycles. The second kappa shape index (κ2) is 6.36. The quantitative estimate of drug-likeness (QED) is 0.424. The first kappa shape index (κ1) is 16.6. The third-order valence-corrected chi connectivity index (χ3v) is 9.20. The fourth-order valence-corrected chi connectivity index (χ4v) is 3.79. The van der Waals surface area contributed by atoms with E-state index in [1.54, 1.807) is 0 Å². The summed E-state index contributed by atoms with van der Waals surface area (Å²) in [5.41, 5.74) is 0. The Labute approximate surface area is 119 Å². The number of carbonyl (C=O) groups is 1. The fraction of sp³-hybridized carbons (Fsp3) is 0.812. The van der Waals surface area contributed by atoms with Gasteiger partial charge >= 0.3 is 0 Å². The summed E-state index contributed by atoms with van der Waals surface area (Å²) in [6.45, 7) is 15.1. The van der Waals surface area contributed by atoms with Gasteiger partial charge in [0.25, 0.3) is 0 Å². The standard InChI is InChI=1S/C16H30O2Si/c1-7-10-13-14(17)11-8-9-12-15(13)18-19(5,6)16(2,3)4/h7,13,15H,1,8-12H2,2-6H3/t13-,15-/m1/s1. The minimum absolute atomic E-state index is 0.0362. The Bertz CT molecular complexity index is 328. The van der Waals surface area contributed by atoms with Gasteiger partial charge in [-0.2, -0.15) is 0 Å². The highest BCUT2D eigenvalue weighted by molar-refractivity contribution is 6.74. The lowest BCUT2D eigenvalue weighted by Crippen LogP contribution is -2.46. The molecule has 0 saturated heterocycles. The van der Waals surface area contributed by atoms with Gasteiger partial charge in [-0.15, -0.1) is 6.58 Å². The van der Waals surface area contributed by atoms with Gasteiger partial charge < -0.3 is 4.43 Å². The van der Waals surface area contributed by atoms with Crippen LogP contribution in [0.15, 0.2) is 12.7 Å². The molecule has 0 aromatic carbocycles. The molecule has 0 amide bonds. The van der Waals surface area contributed by atoms with Crippen LogP contribution in [-0.2, 0) is 9.22 Å². The molecule has 1 fully saturated rings. The summed E-state index contributed by atoms with van der Waals surface area (Å²) in [7, 11) is -1.80. The Hall–Kier alpha value is -0.413. The molecule has 2 atom stereocenters. The molecule has 19 heavy (non-hydrogen) atoms. The summed E-state index contributed by atoms with van der Waals surface area (Å²) in [5.74, 6) is 0.412. The highest BCUT2D eigenvalue weighted by Gasteiger charge is 2.42. The zero-order chi connectivity index (χ0) is 14.7. The van der Waals surface area contributed by atoms with Crippen molar-refractivity contribution in [2.45, 2.75) is 77.1 Å². The smallest absolute Gasteiger partial charge is 0.192 e. The number of hydrogen-bond donors (Lipinski definition) is 0. The number of rotatable bonds is 4. The Morgan fingerprint density at radius 2 is 2.00 bits per heavy atom. The molecule has 0 aromatic heterocycles. The molecular formula is C16H30O2Si. The lowest BCUT2D eigenvalue weighted by Gasteiger charge is -2.40. The Kier molecular flexibility index (Phi) is 5.57. The molecule has 0 aromatic rings. The highest BCUT2D eigenvalue weighted by atomic mass is 28.4. The van der Waals surface area contributed by atoms with Gasteiger partial charge in [0.1, 0.15) is 5.78 Å². The van der Waals surface area contributed by atoms with Crippen LogP contribution in [0, 0.1) is 5.92 Å². The maximum Gasteiger partial charge on any atom is 0.192 e. The summed E-state index contributed by atoms with van der Waals surface area (Å²) < 4.78 is 6.53. The predicted octanol–water partition coefficient (Wildman–Crippen LogP) is 4.71. The summed E-state index contributed by atoms with van der Waals surface area (Å²) in [4.78, 5) is 12.2. The maximum absolute atomic E-state index is 12.2. The van der Waals surface area contributed by atoms with Crippen LogP contribution < -0.4 is 0 Å². The van der Waals surface area contributed by atoms with E-state index in [0.29, 0.717) is 5.78 Å². The summed E-state index contributed by atoms with van der Waals surface area (Å²) >= 11 is 0. The number of hydrogen-bond acceptors (Lipinski definition) is 2. The molecule has 110 valence electrons. The average Bonchev–Trinajstić information content (AvgIpc) is 2.42. The molecule has 0 radical (unpaired) electrons. The SMILES string of the molecule is C=CC[C@@H]1C(=O)CCCC[C@H]1O[Si](C)(C)C(C)(C)C. The molecular weight excluding hydrogens is 252 g/mol. The Morgan fingerprint density at radius 1 is 1.37 bits per heavy atom. The van der Waals surface area contributed by atoms with Gasteiger partial charge in [-0.1, -0.05) is 33.3 Å². The van der Waals surface area contributed by atoms with Gasteiger partial charge in [0.05, 0.1) is 6.10 Å². The van der Waals surface area contributed by atoms with E-state index in [4.69, 9.17) is 4.43 Å². The molecule has 0 bridgehead atoms. The molecule has 2 nitrogen and oxygen atoms in total. The van der Waals surface area contributed by atoms with Crippen LogP contribution in [0.1, 0.15) is 52.9 Å². The third kappa shape index (κ3) is 4.28. The largest absolute Gasteiger partial charge is 0.413 e. The van der Waals surface area contributed by atoms with Crippen LogP contribution in [-0.4, -0.2) is 20.2 Å². The van der Waals surface area contributed by atoms with E-state index >= 15 is 0 Å². The molecule has 1 rings (SSSR count). The minimum atomic E-state index is -1.80. The second-order valence-corrected chi connectivity index (χ2v) is 12.0. The van der Waals surface area contributed by atoms with Crippen LogP contribution in [0.5, 0.6) is 0 Å². The molecule has 0 heterocycles. The zero-order valence-electron chi connectivity index (χ0n) is 13.3. The van der Waals surface area contributed by atoms with Crippen molar-refractivity contribution in [2.75, 3.05) is 0 Å². The molecule has 0 aliphatic heterocycles. The third-order valence-electron chi connectivity index (χ3n) is 4.70. The average molecular weight is 282 g/mol. The van der Waals surface area contributed by atoms with Gasteiger partial charge in [-0.05, 0) is 37.4 Å². The van der Waals surface area contributed by atoms with Crippen molar-refractivity contribution in [3.8, 4) is 0 Å². The van der Waals surface area contributed by atoms with Gasteiger partial charge in [0.2, 0.25) is 0 Å². The van der Waals surface area contributed by atoms with Gasteiger partial charge in [-0.3, -0.25) is 4.79 Å². The van der Waals surface area contributed by atoms with Crippen molar-refractivity contribution < 1.29 is 9.22 Å². The number of ketones is 1. The Morgan fingerprint density at radius 3 is 2.53 bits per heavy atom. The molecule has 1 aliphatic carbocycles. The lowest BCUT2D eigenvalue weighted by atomic mass is 9.93. The molecule has 0 spiro atoms. The van der Waals surface area contributed by atoms with Crippen molar-refractivity contribution in [1.82, 2.24) is 0 Å². The van der Waals surface area contributed by atoms with Crippen LogP contribution >= 0.6 is 0 Å². The second-order valence-electron chi connectivity index (χ2n) is 7.26. The Balaban J connectivity index is 2.87. The van der Waals surface area contributed by atoms with Crippen LogP contribution in [0.4, 0.5) is 0 Å². The van der Waals surface area contributed by atoms with Gasteiger partial charge in [0.15, 0.2) is 8.32 Å². The fourth-order valence-electron chi connectivity index (χ4n) is 2.40. The van der Waals surface area contributed by atoms with Crippen molar-refractivity contribution >= 4 is 14.1 Å². The highest BCUT2D eigenvalue weighted by Crippen LogP contribution is 2.40. The summed E-state index contributed by atoms with van der Waals surface area (Å²) in [6.07, 6.45) is 6.61. The van der Waals surface area contributed by atoms with E-state index in [9.17, 15) is 4.79 Å². The first-order valence-electron chi connectivity index (χ1n) is 7.50. The van der Waals surface area contributed by atoms with E-state index in [1.165, 1.54) is 0 Å². The first-order chi connectivity index (χ1) is 8.69. The van der Waals surface area contributed by atoms with Crippen molar-refractivity contribution in [3.05, 3.63) is 12.7 Å². The van der Waals surface area contributed by atoms with Gasteiger partial charge in [0, 0.05) is 12.3 Å². The van der Waals surface area contributed by atoms with E-state index in [0.717, 1.165) is 32.1 Å². The summed E-state index contributed by atoms with van der Waals surface area (Å²) in [6, 6.07) is 0. The molecule has 0 unspecified atom stereocenters. The number of carbonyl (C=O) groups excluding carboxylic acids is 1. The van der Waals surface area contributed by atoms with E-state index < -0.39 is 8.32 Å². The van der Waals surface area contributed by atoms with Crippen molar-refractivity contribution in [3.63, 3.8) is 0 Å². The van der Waals surface area contributed by atoms with Crippen LogP contribution in [0.3, 0.4) is 0 Å². The zero-order valence-corrected chi connectivity index (χ0v) is 14.3. The minimum Gasteiger partial charge on any atom is -0.413 e.